The van der Waals surface area contributed by atoms with Gasteiger partial charge in [0, 0.05) is 36.6 Å². The first-order valence-corrected chi connectivity index (χ1v) is 13.3. The lowest BCUT2D eigenvalue weighted by Crippen LogP contribution is -2.33. The molecule has 0 amide bonds. The van der Waals surface area contributed by atoms with E-state index in [0.717, 1.165) is 24.2 Å². The number of nitrogens with one attached hydrogen (secondary N) is 1. The fourth-order valence-corrected chi connectivity index (χ4v) is 4.74. The molecule has 2 aromatic carbocycles. The average molecular weight is 550 g/mol. The van der Waals surface area contributed by atoms with Gasteiger partial charge in [-0.15, -0.1) is 0 Å². The highest BCUT2D eigenvalue weighted by Gasteiger charge is 2.39. The zero-order chi connectivity index (χ0) is 28.8. The molecule has 10 nitrogen and oxygen atoms in total. The molecular formula is C30H35N3O7. The average Bonchev–Trinajstić information content (AvgIpc) is 3.76. The summed E-state index contributed by atoms with van der Waals surface area (Å²) in [6.45, 7) is 5.02. The summed E-state index contributed by atoms with van der Waals surface area (Å²) in [6.07, 6.45) is 2.03. The quantitative estimate of drug-likeness (QED) is 0.232. The number of esters is 2. The molecule has 1 N–H and O–H groups in total. The molecule has 1 aliphatic heterocycles. The maximum absolute atomic E-state index is 13.5. The predicted octanol–water partition coefficient (Wildman–Crippen LogP) is 4.47. The number of ether oxygens (including phenoxy) is 3. The first-order valence-electron chi connectivity index (χ1n) is 13.3. The summed E-state index contributed by atoms with van der Waals surface area (Å²) >= 11 is 0. The topological polar surface area (TPSA) is 120 Å². The molecule has 1 heterocycles. The second-order valence-electron chi connectivity index (χ2n) is 10.3. The van der Waals surface area contributed by atoms with E-state index < -0.39 is 22.8 Å². The highest BCUT2D eigenvalue weighted by molar-refractivity contribution is 6.00. The number of hydrogen-bond acceptors (Lipinski definition) is 9. The van der Waals surface area contributed by atoms with Gasteiger partial charge >= 0.3 is 11.9 Å². The van der Waals surface area contributed by atoms with E-state index in [4.69, 9.17) is 14.2 Å². The summed E-state index contributed by atoms with van der Waals surface area (Å²) in [4.78, 5) is 39.9. The summed E-state index contributed by atoms with van der Waals surface area (Å²) in [5.74, 6) is -0.889. The van der Waals surface area contributed by atoms with Crippen LogP contribution in [0.15, 0.2) is 71.1 Å². The number of dihydropyridines is 1. The van der Waals surface area contributed by atoms with Crippen LogP contribution in [0.2, 0.25) is 0 Å². The van der Waals surface area contributed by atoms with Crippen LogP contribution in [0.1, 0.15) is 43.7 Å². The third-order valence-electron chi connectivity index (χ3n) is 7.08. The molecule has 10 heteroatoms. The van der Waals surface area contributed by atoms with Crippen molar-refractivity contribution in [2.45, 2.75) is 39.2 Å². The van der Waals surface area contributed by atoms with Gasteiger partial charge in [-0.1, -0.05) is 24.3 Å². The van der Waals surface area contributed by atoms with Crippen LogP contribution in [0.4, 0.5) is 5.69 Å². The standard InChI is InChI=1S/C30H35N3O7/c1-19-26(29(34)39-15-14-32(3)17-21-10-12-25(38-4)13-11-21)28(23-6-5-7-24(16-23)33(36)37)27(20(2)31-19)30(35)40-18-22-8-9-22/h5-7,10-13,16,22,28,31H,8-9,14-15,17-18H2,1-4H3. The number of benzene rings is 2. The zero-order valence-electron chi connectivity index (χ0n) is 23.3. The Morgan fingerprint density at radius 3 is 2.27 bits per heavy atom. The molecule has 1 aliphatic carbocycles. The van der Waals surface area contributed by atoms with E-state index in [0.29, 0.717) is 42.6 Å². The minimum absolute atomic E-state index is 0.119. The van der Waals surface area contributed by atoms with Crippen LogP contribution >= 0.6 is 0 Å². The van der Waals surface area contributed by atoms with E-state index in [1.807, 2.05) is 36.2 Å². The van der Waals surface area contributed by atoms with Crippen LogP contribution in [-0.4, -0.2) is 55.7 Å². The summed E-state index contributed by atoms with van der Waals surface area (Å²) in [5.41, 5.74) is 2.92. The van der Waals surface area contributed by atoms with Gasteiger partial charge in [0.25, 0.3) is 5.69 Å². The number of nitro groups is 1. The first kappa shape index (κ1) is 28.8. The lowest BCUT2D eigenvalue weighted by molar-refractivity contribution is -0.384. The Bertz CT molecular complexity index is 1330. The fourth-order valence-electron chi connectivity index (χ4n) is 4.74. The van der Waals surface area contributed by atoms with Crippen molar-refractivity contribution in [1.82, 2.24) is 10.2 Å². The molecule has 212 valence electrons. The number of hydrogen-bond donors (Lipinski definition) is 1. The minimum atomic E-state index is -0.877. The van der Waals surface area contributed by atoms with Gasteiger partial charge in [0.1, 0.15) is 12.4 Å². The third kappa shape index (κ3) is 7.06. The molecule has 0 radical (unpaired) electrons. The summed E-state index contributed by atoms with van der Waals surface area (Å²) in [7, 11) is 3.55. The number of rotatable bonds is 12. The van der Waals surface area contributed by atoms with Crippen molar-refractivity contribution in [1.29, 1.82) is 0 Å². The van der Waals surface area contributed by atoms with E-state index in [1.165, 1.54) is 12.1 Å². The number of carbonyl (C=O) groups excluding carboxylic acids is 2. The Kier molecular flexibility index (Phi) is 9.21. The normalized spacial score (nSPS) is 17.0. The van der Waals surface area contributed by atoms with Gasteiger partial charge in [0.05, 0.1) is 35.7 Å². The lowest BCUT2D eigenvalue weighted by atomic mass is 9.80. The van der Waals surface area contributed by atoms with Crippen LogP contribution in [0.3, 0.4) is 0 Å². The second-order valence-corrected chi connectivity index (χ2v) is 10.3. The highest BCUT2D eigenvalue weighted by atomic mass is 16.6. The number of nitro benzene ring substituents is 1. The summed E-state index contributed by atoms with van der Waals surface area (Å²) in [5, 5.41) is 14.6. The van der Waals surface area contributed by atoms with Gasteiger partial charge in [0.2, 0.25) is 0 Å². The molecule has 1 saturated carbocycles. The van der Waals surface area contributed by atoms with Crippen molar-refractivity contribution in [2.75, 3.05) is 33.9 Å². The van der Waals surface area contributed by atoms with E-state index >= 15 is 0 Å². The van der Waals surface area contributed by atoms with Gasteiger partial charge < -0.3 is 19.5 Å². The highest BCUT2D eigenvalue weighted by Crippen LogP contribution is 2.40. The van der Waals surface area contributed by atoms with Crippen LogP contribution in [0.5, 0.6) is 5.75 Å². The second kappa shape index (κ2) is 12.8. The number of likely N-dealkylation sites (N-methyl/N-ethyl adjacent to an activating group) is 1. The van der Waals surface area contributed by atoms with E-state index in [2.05, 4.69) is 5.32 Å². The Morgan fingerprint density at radius 1 is 1.02 bits per heavy atom. The van der Waals surface area contributed by atoms with Gasteiger partial charge in [-0.2, -0.15) is 0 Å². The summed E-state index contributed by atoms with van der Waals surface area (Å²) < 4.78 is 16.5. The number of nitrogens with zero attached hydrogens (tertiary/aromatic N) is 2. The molecule has 0 bridgehead atoms. The lowest BCUT2D eigenvalue weighted by Gasteiger charge is -2.30. The maximum Gasteiger partial charge on any atom is 0.336 e. The Morgan fingerprint density at radius 2 is 1.68 bits per heavy atom. The van der Waals surface area contributed by atoms with Gasteiger partial charge in [-0.25, -0.2) is 9.59 Å². The van der Waals surface area contributed by atoms with Crippen LogP contribution < -0.4 is 10.1 Å². The van der Waals surface area contributed by atoms with Crippen molar-refractivity contribution < 1.29 is 28.7 Å². The molecule has 1 atom stereocenters. The first-order chi connectivity index (χ1) is 19.2. The predicted molar refractivity (Wildman–Crippen MR) is 148 cm³/mol. The molecule has 1 fully saturated rings. The molecular weight excluding hydrogens is 514 g/mol. The van der Waals surface area contributed by atoms with Crippen LogP contribution in [-0.2, 0) is 25.6 Å². The number of non-ortho nitro benzene ring substituents is 1. The SMILES string of the molecule is COc1ccc(CN(C)CCOC(=O)C2=C(C)NC(C)=C(C(=O)OCC3CC3)C2c2cccc([N+](=O)[O-])c2)cc1. The minimum Gasteiger partial charge on any atom is -0.497 e. The van der Waals surface area contributed by atoms with Gasteiger partial charge in [0.15, 0.2) is 0 Å². The Labute approximate surface area is 233 Å². The van der Waals surface area contributed by atoms with Crippen molar-refractivity contribution in [3.8, 4) is 5.75 Å². The van der Waals surface area contributed by atoms with E-state index in [-0.39, 0.29) is 23.4 Å². The number of methoxy groups -OCH3 is 1. The Balaban J connectivity index is 1.52. The molecule has 0 saturated heterocycles. The van der Waals surface area contributed by atoms with E-state index in [1.54, 1.807) is 33.1 Å². The molecule has 1 unspecified atom stereocenters. The molecule has 2 aromatic rings. The number of allylic oxidation sites excluding steroid dienone is 2. The van der Waals surface area contributed by atoms with Crippen molar-refractivity contribution >= 4 is 17.6 Å². The van der Waals surface area contributed by atoms with Crippen LogP contribution in [0.25, 0.3) is 0 Å². The van der Waals surface area contributed by atoms with Crippen molar-refractivity contribution in [2.24, 2.45) is 5.92 Å². The molecule has 4 rings (SSSR count). The fraction of sp³-hybridized carbons (Fsp3) is 0.400. The van der Waals surface area contributed by atoms with Gasteiger partial charge in [-0.3, -0.25) is 15.0 Å². The zero-order valence-corrected chi connectivity index (χ0v) is 23.3. The Hall–Kier alpha value is -4.18. The largest absolute Gasteiger partial charge is 0.497 e. The molecule has 0 spiro atoms. The van der Waals surface area contributed by atoms with Crippen molar-refractivity contribution in [3.05, 3.63) is 92.3 Å². The third-order valence-corrected chi connectivity index (χ3v) is 7.08. The smallest absolute Gasteiger partial charge is 0.336 e. The monoisotopic (exact) mass is 549 g/mol. The van der Waals surface area contributed by atoms with E-state index in [9.17, 15) is 19.7 Å². The van der Waals surface area contributed by atoms with Crippen molar-refractivity contribution in [3.63, 3.8) is 0 Å². The molecule has 0 aromatic heterocycles. The summed E-state index contributed by atoms with van der Waals surface area (Å²) in [6, 6.07) is 13.7. The maximum atomic E-state index is 13.5. The van der Waals surface area contributed by atoms with Crippen LogP contribution in [0, 0.1) is 16.0 Å². The molecule has 2 aliphatic rings. The van der Waals surface area contributed by atoms with Gasteiger partial charge in [-0.05, 0) is 62.9 Å². The molecule has 40 heavy (non-hydrogen) atoms. The number of carbonyl (C=O) groups is 2.